The Bertz CT molecular complexity index is 522. The van der Waals surface area contributed by atoms with E-state index in [1.54, 1.807) is 14.1 Å². The molecule has 7 nitrogen and oxygen atoms in total. The molecule has 20 heavy (non-hydrogen) atoms. The van der Waals surface area contributed by atoms with Crippen molar-refractivity contribution in [3.63, 3.8) is 0 Å². The summed E-state index contributed by atoms with van der Waals surface area (Å²) in [5.41, 5.74) is -1.24. The molecular weight excluding hydrogens is 269 g/mol. The summed E-state index contributed by atoms with van der Waals surface area (Å²) in [6.07, 6.45) is 0.728. The highest BCUT2D eigenvalue weighted by Crippen LogP contribution is 2.28. The molecular formula is C12H16FN3O4. The Labute approximate surface area is 115 Å². The molecule has 0 heterocycles. The lowest BCUT2D eigenvalue weighted by atomic mass is 10.1. The number of aromatic carboxylic acids is 1. The van der Waals surface area contributed by atoms with Crippen LogP contribution in [0.15, 0.2) is 12.1 Å². The quantitative estimate of drug-likeness (QED) is 0.447. The molecule has 0 bridgehead atoms. The lowest BCUT2D eigenvalue weighted by Crippen LogP contribution is -2.23. The monoisotopic (exact) mass is 285 g/mol. The van der Waals surface area contributed by atoms with Crippen molar-refractivity contribution in [1.82, 2.24) is 5.32 Å². The van der Waals surface area contributed by atoms with E-state index in [4.69, 9.17) is 5.11 Å². The summed E-state index contributed by atoms with van der Waals surface area (Å²) in [5.74, 6) is -2.27. The molecule has 0 fully saturated rings. The van der Waals surface area contributed by atoms with Crippen LogP contribution in [0.5, 0.6) is 0 Å². The third kappa shape index (κ3) is 3.64. The van der Waals surface area contributed by atoms with Crippen molar-refractivity contribution >= 4 is 17.3 Å². The first kappa shape index (κ1) is 15.8. The zero-order valence-electron chi connectivity index (χ0n) is 11.2. The normalized spacial score (nSPS) is 10.3. The molecule has 0 aliphatic carbocycles. The number of hydrogen-bond acceptors (Lipinski definition) is 5. The first-order valence-corrected chi connectivity index (χ1v) is 5.95. The molecule has 0 radical (unpaired) electrons. The minimum absolute atomic E-state index is 0.0316. The maximum atomic E-state index is 13.9. The number of halogens is 1. The second-order valence-corrected chi connectivity index (χ2v) is 4.26. The van der Waals surface area contributed by atoms with Crippen LogP contribution in [0.25, 0.3) is 0 Å². The molecule has 110 valence electrons. The molecule has 0 atom stereocenters. The highest BCUT2D eigenvalue weighted by atomic mass is 19.1. The summed E-state index contributed by atoms with van der Waals surface area (Å²) in [6, 6.07) is 1.64. The molecule has 1 aromatic carbocycles. The van der Waals surface area contributed by atoms with Crippen LogP contribution in [0.3, 0.4) is 0 Å². The van der Waals surface area contributed by atoms with Crippen LogP contribution in [0.4, 0.5) is 15.8 Å². The number of nitrogens with one attached hydrogen (secondary N) is 1. The molecule has 0 aliphatic heterocycles. The van der Waals surface area contributed by atoms with Crippen molar-refractivity contribution in [3.8, 4) is 0 Å². The van der Waals surface area contributed by atoms with E-state index in [2.05, 4.69) is 5.32 Å². The van der Waals surface area contributed by atoms with Crippen LogP contribution in [-0.4, -0.2) is 43.2 Å². The van der Waals surface area contributed by atoms with Gasteiger partial charge in [0.25, 0.3) is 5.69 Å². The van der Waals surface area contributed by atoms with Gasteiger partial charge in [-0.05, 0) is 26.1 Å². The molecule has 0 aromatic heterocycles. The number of nitro benzene ring substituents is 1. The van der Waals surface area contributed by atoms with E-state index in [0.29, 0.717) is 12.6 Å². The van der Waals surface area contributed by atoms with Crippen LogP contribution in [0, 0.1) is 15.9 Å². The van der Waals surface area contributed by atoms with E-state index in [0.717, 1.165) is 19.0 Å². The van der Waals surface area contributed by atoms with Crippen molar-refractivity contribution < 1.29 is 19.2 Å². The molecule has 0 aliphatic rings. The summed E-state index contributed by atoms with van der Waals surface area (Å²) in [6.45, 7) is 1.22. The van der Waals surface area contributed by atoms with E-state index in [9.17, 15) is 19.3 Å². The fraction of sp³-hybridized carbons (Fsp3) is 0.417. The van der Waals surface area contributed by atoms with E-state index >= 15 is 0 Å². The minimum atomic E-state index is -1.46. The van der Waals surface area contributed by atoms with Crippen molar-refractivity contribution in [1.29, 1.82) is 0 Å². The van der Waals surface area contributed by atoms with Crippen molar-refractivity contribution in [3.05, 3.63) is 33.6 Å². The number of hydrogen-bond donors (Lipinski definition) is 2. The number of rotatable bonds is 7. The van der Waals surface area contributed by atoms with Crippen LogP contribution in [0.1, 0.15) is 16.8 Å². The fourth-order valence-corrected chi connectivity index (χ4v) is 1.78. The van der Waals surface area contributed by atoms with Gasteiger partial charge in [0.1, 0.15) is 5.56 Å². The molecule has 0 spiro atoms. The van der Waals surface area contributed by atoms with Crippen molar-refractivity contribution in [2.24, 2.45) is 0 Å². The summed E-state index contributed by atoms with van der Waals surface area (Å²) in [5, 5.41) is 22.6. The number of nitro groups is 1. The van der Waals surface area contributed by atoms with Gasteiger partial charge in [0.05, 0.1) is 16.7 Å². The third-order valence-electron chi connectivity index (χ3n) is 2.82. The largest absolute Gasteiger partial charge is 0.477 e. The number of nitrogens with zero attached hydrogens (tertiary/aromatic N) is 2. The minimum Gasteiger partial charge on any atom is -0.477 e. The average molecular weight is 285 g/mol. The summed E-state index contributed by atoms with van der Waals surface area (Å²) < 4.78 is 13.9. The van der Waals surface area contributed by atoms with Gasteiger partial charge in [-0.25, -0.2) is 9.18 Å². The average Bonchev–Trinajstić information content (AvgIpc) is 2.37. The molecule has 0 amide bonds. The lowest BCUT2D eigenvalue weighted by molar-refractivity contribution is -0.385. The van der Waals surface area contributed by atoms with Crippen LogP contribution in [0.2, 0.25) is 0 Å². The third-order valence-corrected chi connectivity index (χ3v) is 2.82. The van der Waals surface area contributed by atoms with Gasteiger partial charge in [0.2, 0.25) is 0 Å². The van der Waals surface area contributed by atoms with Crippen LogP contribution in [-0.2, 0) is 0 Å². The number of benzene rings is 1. The summed E-state index contributed by atoms with van der Waals surface area (Å²) in [4.78, 5) is 22.4. The topological polar surface area (TPSA) is 95.7 Å². The van der Waals surface area contributed by atoms with E-state index in [-0.39, 0.29) is 5.69 Å². The number of carbonyl (C=O) groups is 1. The van der Waals surface area contributed by atoms with Gasteiger partial charge in [-0.15, -0.1) is 0 Å². The van der Waals surface area contributed by atoms with E-state index in [1.807, 2.05) is 0 Å². The molecule has 0 saturated carbocycles. The van der Waals surface area contributed by atoms with Gasteiger partial charge < -0.3 is 15.3 Å². The predicted molar refractivity (Wildman–Crippen MR) is 71.8 cm³/mol. The Hall–Kier alpha value is -2.22. The first-order chi connectivity index (χ1) is 9.38. The molecule has 1 rings (SSSR count). The second kappa shape index (κ2) is 6.80. The highest BCUT2D eigenvalue weighted by Gasteiger charge is 2.24. The highest BCUT2D eigenvalue weighted by molar-refractivity contribution is 5.93. The Kier molecular flexibility index (Phi) is 5.39. The maximum Gasteiger partial charge on any atom is 0.342 e. The Morgan fingerprint density at radius 3 is 2.70 bits per heavy atom. The zero-order chi connectivity index (χ0) is 15.3. The Morgan fingerprint density at radius 2 is 2.20 bits per heavy atom. The lowest BCUT2D eigenvalue weighted by Gasteiger charge is -2.20. The molecule has 2 N–H and O–H groups in total. The van der Waals surface area contributed by atoms with Gasteiger partial charge >= 0.3 is 5.97 Å². The van der Waals surface area contributed by atoms with Crippen molar-refractivity contribution in [2.75, 3.05) is 32.1 Å². The van der Waals surface area contributed by atoms with E-state index in [1.165, 1.54) is 4.90 Å². The molecule has 8 heteroatoms. The Balaban J connectivity index is 3.12. The van der Waals surface area contributed by atoms with Gasteiger partial charge in [0.15, 0.2) is 5.82 Å². The molecule has 0 saturated heterocycles. The SMILES string of the molecule is CNCCCN(C)c1cc(C(=O)O)c([N+](=O)[O-])cc1F. The van der Waals surface area contributed by atoms with Gasteiger partial charge in [-0.1, -0.05) is 0 Å². The second-order valence-electron chi connectivity index (χ2n) is 4.26. The number of carboxylic acids is 1. The first-order valence-electron chi connectivity index (χ1n) is 5.95. The smallest absolute Gasteiger partial charge is 0.342 e. The number of carboxylic acid groups (broad SMARTS) is 1. The van der Waals surface area contributed by atoms with E-state index < -0.39 is 28.0 Å². The summed E-state index contributed by atoms with van der Waals surface area (Å²) >= 11 is 0. The van der Waals surface area contributed by atoms with Crippen LogP contribution < -0.4 is 10.2 Å². The van der Waals surface area contributed by atoms with Gasteiger partial charge in [-0.2, -0.15) is 0 Å². The van der Waals surface area contributed by atoms with Gasteiger partial charge in [0, 0.05) is 13.6 Å². The summed E-state index contributed by atoms with van der Waals surface area (Å²) in [7, 11) is 3.39. The van der Waals surface area contributed by atoms with Crippen molar-refractivity contribution in [2.45, 2.75) is 6.42 Å². The molecule has 0 unspecified atom stereocenters. The maximum absolute atomic E-state index is 13.9. The fourth-order valence-electron chi connectivity index (χ4n) is 1.78. The van der Waals surface area contributed by atoms with Crippen LogP contribution >= 0.6 is 0 Å². The molecule has 1 aromatic rings. The zero-order valence-corrected chi connectivity index (χ0v) is 11.2. The Morgan fingerprint density at radius 1 is 1.55 bits per heavy atom. The van der Waals surface area contributed by atoms with Gasteiger partial charge in [-0.3, -0.25) is 10.1 Å². The standard InChI is InChI=1S/C12H16FN3O4/c1-14-4-3-5-15(2)11-6-8(12(17)18)10(16(19)20)7-9(11)13/h6-7,14H,3-5H2,1-2H3,(H,17,18). The number of anilines is 1. The predicted octanol–water partition coefficient (Wildman–Crippen LogP) is 1.48.